The average molecular weight is 290 g/mol. The Balaban J connectivity index is 2.20. The Hall–Kier alpha value is -2.34. The number of rotatable bonds is 4. The van der Waals surface area contributed by atoms with Gasteiger partial charge in [-0.15, -0.1) is 11.3 Å². The van der Waals surface area contributed by atoms with Crippen LogP contribution < -0.4 is 15.2 Å². The average Bonchev–Trinajstić information content (AvgIpc) is 2.80. The molecule has 5 nitrogen and oxygen atoms in total. The van der Waals surface area contributed by atoms with Crippen LogP contribution in [-0.4, -0.2) is 19.0 Å². The minimum atomic E-state index is -1.31. The van der Waals surface area contributed by atoms with E-state index in [1.165, 1.54) is 24.5 Å². The number of nitrogens with one attached hydrogen (secondary N) is 1. The van der Waals surface area contributed by atoms with Gasteiger partial charge in [0.15, 0.2) is 0 Å². The summed E-state index contributed by atoms with van der Waals surface area (Å²) < 4.78 is 5.01. The number of aryl methyl sites for hydroxylation is 1. The second-order valence-corrected chi connectivity index (χ2v) is 5.33. The summed E-state index contributed by atoms with van der Waals surface area (Å²) in [7, 11) is 1.54. The quantitative estimate of drug-likeness (QED) is 0.929. The zero-order valence-electron chi connectivity index (χ0n) is 10.9. The number of aromatic carboxylic acids is 1. The third-order valence-electron chi connectivity index (χ3n) is 2.65. The SMILES string of the molecule is COc1ccc(C(=O)Nc2sc(C)cc2C(=O)[O-])cc1. The highest BCUT2D eigenvalue weighted by Crippen LogP contribution is 2.27. The number of methoxy groups -OCH3 is 1. The fourth-order valence-corrected chi connectivity index (χ4v) is 2.57. The highest BCUT2D eigenvalue weighted by Gasteiger charge is 2.12. The number of hydrogen-bond donors (Lipinski definition) is 1. The second kappa shape index (κ2) is 5.75. The molecular formula is C14H12NO4S-. The van der Waals surface area contributed by atoms with Crippen LogP contribution in [0.4, 0.5) is 5.00 Å². The van der Waals surface area contributed by atoms with E-state index in [1.807, 2.05) is 0 Å². The summed E-state index contributed by atoms with van der Waals surface area (Å²) >= 11 is 1.20. The van der Waals surface area contributed by atoms with Crippen molar-refractivity contribution >= 4 is 28.2 Å². The molecule has 104 valence electrons. The molecule has 0 saturated carbocycles. The number of carboxylic acids is 1. The summed E-state index contributed by atoms with van der Waals surface area (Å²) in [5.41, 5.74) is 0.413. The minimum Gasteiger partial charge on any atom is -0.545 e. The van der Waals surface area contributed by atoms with E-state index in [0.29, 0.717) is 11.3 Å². The van der Waals surface area contributed by atoms with Gasteiger partial charge in [-0.3, -0.25) is 4.79 Å². The Morgan fingerprint density at radius 3 is 2.45 bits per heavy atom. The lowest BCUT2D eigenvalue weighted by molar-refractivity contribution is -0.254. The first-order valence-electron chi connectivity index (χ1n) is 5.78. The summed E-state index contributed by atoms with van der Waals surface area (Å²) in [5, 5.41) is 13.8. The molecular weight excluding hydrogens is 278 g/mol. The lowest BCUT2D eigenvalue weighted by atomic mass is 10.2. The zero-order valence-corrected chi connectivity index (χ0v) is 11.7. The largest absolute Gasteiger partial charge is 0.545 e. The van der Waals surface area contributed by atoms with E-state index in [9.17, 15) is 14.7 Å². The highest BCUT2D eigenvalue weighted by atomic mass is 32.1. The molecule has 0 atom stereocenters. The number of ether oxygens (including phenoxy) is 1. The maximum atomic E-state index is 12.0. The lowest BCUT2D eigenvalue weighted by Crippen LogP contribution is -2.23. The molecule has 20 heavy (non-hydrogen) atoms. The van der Waals surface area contributed by atoms with Gasteiger partial charge in [0.1, 0.15) is 10.8 Å². The first-order valence-corrected chi connectivity index (χ1v) is 6.60. The maximum absolute atomic E-state index is 12.0. The monoisotopic (exact) mass is 290 g/mol. The molecule has 2 aromatic rings. The summed E-state index contributed by atoms with van der Waals surface area (Å²) in [5.74, 6) is -1.04. The normalized spacial score (nSPS) is 10.1. The molecule has 6 heteroatoms. The third kappa shape index (κ3) is 2.97. The number of benzene rings is 1. The molecule has 1 amide bonds. The first kappa shape index (κ1) is 14.1. The number of anilines is 1. The zero-order chi connectivity index (χ0) is 14.7. The Morgan fingerprint density at radius 2 is 1.90 bits per heavy atom. The number of hydrogen-bond acceptors (Lipinski definition) is 5. The predicted molar refractivity (Wildman–Crippen MR) is 74.3 cm³/mol. The van der Waals surface area contributed by atoms with Crippen LogP contribution in [0.3, 0.4) is 0 Å². The van der Waals surface area contributed by atoms with E-state index < -0.39 is 5.97 Å². The molecule has 0 fully saturated rings. The third-order valence-corrected chi connectivity index (χ3v) is 3.62. The number of thiophene rings is 1. The summed E-state index contributed by atoms with van der Waals surface area (Å²) in [6, 6.07) is 8.01. The molecule has 0 bridgehead atoms. The van der Waals surface area contributed by atoms with Gasteiger partial charge in [0.25, 0.3) is 5.91 Å². The van der Waals surface area contributed by atoms with E-state index in [0.717, 1.165) is 4.88 Å². The highest BCUT2D eigenvalue weighted by molar-refractivity contribution is 7.16. The summed E-state index contributed by atoms with van der Waals surface area (Å²) in [6.07, 6.45) is 0. The van der Waals surface area contributed by atoms with Gasteiger partial charge in [-0.25, -0.2) is 0 Å². The Kier molecular flexibility index (Phi) is 4.05. The van der Waals surface area contributed by atoms with Gasteiger partial charge in [0.2, 0.25) is 0 Å². The van der Waals surface area contributed by atoms with Crippen molar-refractivity contribution in [2.45, 2.75) is 6.92 Å². The molecule has 0 radical (unpaired) electrons. The van der Waals surface area contributed by atoms with E-state index >= 15 is 0 Å². The van der Waals surface area contributed by atoms with E-state index in [2.05, 4.69) is 5.32 Å². The van der Waals surface area contributed by atoms with Gasteiger partial charge in [-0.05, 0) is 37.3 Å². The second-order valence-electron chi connectivity index (χ2n) is 4.07. The van der Waals surface area contributed by atoms with Crippen molar-refractivity contribution in [1.82, 2.24) is 0 Å². The maximum Gasteiger partial charge on any atom is 0.256 e. The van der Waals surface area contributed by atoms with Crippen LogP contribution in [0.25, 0.3) is 0 Å². The van der Waals surface area contributed by atoms with Gasteiger partial charge in [-0.1, -0.05) is 0 Å². The van der Waals surface area contributed by atoms with Crippen LogP contribution >= 0.6 is 11.3 Å². The Morgan fingerprint density at radius 1 is 1.25 bits per heavy atom. The number of carbonyl (C=O) groups is 2. The lowest BCUT2D eigenvalue weighted by Gasteiger charge is -2.07. The predicted octanol–water partition coefficient (Wildman–Crippen LogP) is 1.68. The van der Waals surface area contributed by atoms with Crippen molar-refractivity contribution in [2.24, 2.45) is 0 Å². The van der Waals surface area contributed by atoms with Crippen molar-refractivity contribution < 1.29 is 19.4 Å². The number of carboxylic acid groups (broad SMARTS) is 1. The summed E-state index contributed by atoms with van der Waals surface area (Å²) in [4.78, 5) is 23.8. The van der Waals surface area contributed by atoms with Crippen LogP contribution in [0.2, 0.25) is 0 Å². The fraction of sp³-hybridized carbons (Fsp3) is 0.143. The molecule has 0 aliphatic carbocycles. The first-order chi connectivity index (χ1) is 9.51. The Labute approximate surface area is 119 Å². The number of carbonyl (C=O) groups excluding carboxylic acids is 2. The summed E-state index contributed by atoms with van der Waals surface area (Å²) in [6.45, 7) is 1.76. The van der Waals surface area contributed by atoms with Crippen LogP contribution in [0.5, 0.6) is 5.75 Å². The smallest absolute Gasteiger partial charge is 0.256 e. The van der Waals surface area contributed by atoms with E-state index in [4.69, 9.17) is 4.74 Å². The van der Waals surface area contributed by atoms with Crippen molar-refractivity contribution in [3.8, 4) is 5.75 Å². The molecule has 1 heterocycles. The topological polar surface area (TPSA) is 78.5 Å². The van der Waals surface area contributed by atoms with Crippen molar-refractivity contribution in [1.29, 1.82) is 0 Å². The number of amides is 1. The van der Waals surface area contributed by atoms with Gasteiger partial charge >= 0.3 is 0 Å². The molecule has 2 rings (SSSR count). The molecule has 0 aliphatic rings. The van der Waals surface area contributed by atoms with E-state index in [-0.39, 0.29) is 16.5 Å². The van der Waals surface area contributed by atoms with Crippen LogP contribution in [0, 0.1) is 6.92 Å². The van der Waals surface area contributed by atoms with Gasteiger partial charge in [-0.2, -0.15) is 0 Å². The molecule has 0 aliphatic heterocycles. The van der Waals surface area contributed by atoms with Crippen LogP contribution in [0.15, 0.2) is 30.3 Å². The molecule has 0 spiro atoms. The van der Waals surface area contributed by atoms with Crippen molar-refractivity contribution in [3.05, 3.63) is 46.3 Å². The van der Waals surface area contributed by atoms with Crippen molar-refractivity contribution in [2.75, 3.05) is 12.4 Å². The molecule has 1 N–H and O–H groups in total. The van der Waals surface area contributed by atoms with Crippen molar-refractivity contribution in [3.63, 3.8) is 0 Å². The van der Waals surface area contributed by atoms with Gasteiger partial charge in [0.05, 0.1) is 13.1 Å². The molecule has 1 aromatic carbocycles. The molecule has 0 saturated heterocycles. The molecule has 0 unspecified atom stereocenters. The molecule has 1 aromatic heterocycles. The van der Waals surface area contributed by atoms with Gasteiger partial charge in [0, 0.05) is 16.0 Å². The van der Waals surface area contributed by atoms with Crippen LogP contribution in [0.1, 0.15) is 25.6 Å². The van der Waals surface area contributed by atoms with Crippen LogP contribution in [-0.2, 0) is 0 Å². The fourth-order valence-electron chi connectivity index (χ4n) is 1.68. The van der Waals surface area contributed by atoms with Gasteiger partial charge < -0.3 is 20.0 Å². The minimum absolute atomic E-state index is 0.00522. The Bertz CT molecular complexity index is 646. The standard InChI is InChI=1S/C14H13NO4S/c1-8-7-11(14(17)18)13(20-8)15-12(16)9-3-5-10(19-2)6-4-9/h3-7H,1-2H3,(H,15,16)(H,17,18)/p-1. The van der Waals surface area contributed by atoms with E-state index in [1.54, 1.807) is 31.2 Å².